The molecule has 2 aliphatic heterocycles. The molecule has 6 nitrogen and oxygen atoms in total. The molecule has 2 aromatic rings. The standard InChI is InChI=1S/C26H29F3N4O2/c27-26(28,29)21-3-1-2-18(12-21)13-23(34)32-10-7-25(8-11-32)6-4-22(14-25)31-24(35)33-16-19-5-9-30-15-20(19)17-33/h1-3,5,9,12,15,22H,4,6-8,10-11,13-14,16-17H2,(H,31,35). The Kier molecular flexibility index (Phi) is 6.19. The molecule has 1 aromatic carbocycles. The number of urea groups is 1. The van der Waals surface area contributed by atoms with Crippen LogP contribution in [0.25, 0.3) is 0 Å². The summed E-state index contributed by atoms with van der Waals surface area (Å²) in [4.78, 5) is 33.3. The van der Waals surface area contributed by atoms with Crippen LogP contribution in [0, 0.1) is 5.41 Å². The van der Waals surface area contributed by atoms with Gasteiger partial charge in [0.05, 0.1) is 12.0 Å². The Morgan fingerprint density at radius 1 is 1.06 bits per heavy atom. The zero-order valence-electron chi connectivity index (χ0n) is 19.5. The van der Waals surface area contributed by atoms with Gasteiger partial charge >= 0.3 is 12.2 Å². The van der Waals surface area contributed by atoms with E-state index in [9.17, 15) is 22.8 Å². The topological polar surface area (TPSA) is 65.5 Å². The summed E-state index contributed by atoms with van der Waals surface area (Å²) in [6.07, 6.45) is 3.67. The number of amides is 3. The lowest BCUT2D eigenvalue weighted by atomic mass is 9.76. The molecule has 9 heteroatoms. The molecule has 186 valence electrons. The summed E-state index contributed by atoms with van der Waals surface area (Å²) in [7, 11) is 0. The molecule has 5 rings (SSSR count). The lowest BCUT2D eigenvalue weighted by Gasteiger charge is -2.39. The number of halogens is 3. The highest BCUT2D eigenvalue weighted by molar-refractivity contribution is 5.79. The third kappa shape index (κ3) is 5.13. The fourth-order valence-corrected chi connectivity index (χ4v) is 5.79. The fraction of sp³-hybridized carbons (Fsp3) is 0.500. The Balaban J connectivity index is 1.10. The van der Waals surface area contributed by atoms with E-state index in [2.05, 4.69) is 10.3 Å². The van der Waals surface area contributed by atoms with E-state index in [1.807, 2.05) is 17.2 Å². The highest BCUT2D eigenvalue weighted by atomic mass is 19.4. The normalized spacial score (nSPS) is 21.3. The number of hydrogen-bond acceptors (Lipinski definition) is 3. The molecule has 2 fully saturated rings. The molecule has 0 radical (unpaired) electrons. The van der Waals surface area contributed by atoms with Gasteiger partial charge in [0.1, 0.15) is 0 Å². The first kappa shape index (κ1) is 23.6. The SMILES string of the molecule is O=C(Cc1cccc(C(F)(F)F)c1)N1CCC2(CCC(NC(=O)N3Cc4ccncc4C3)C2)CC1. The third-order valence-electron chi connectivity index (χ3n) is 7.83. The van der Waals surface area contributed by atoms with Crippen LogP contribution in [0.2, 0.25) is 0 Å². The van der Waals surface area contributed by atoms with Crippen molar-refractivity contribution in [3.63, 3.8) is 0 Å². The third-order valence-corrected chi connectivity index (χ3v) is 7.83. The molecule has 1 atom stereocenters. The average molecular weight is 487 g/mol. The molecule has 35 heavy (non-hydrogen) atoms. The van der Waals surface area contributed by atoms with Gasteiger partial charge in [0, 0.05) is 44.6 Å². The van der Waals surface area contributed by atoms with Gasteiger partial charge in [0.15, 0.2) is 0 Å². The first-order chi connectivity index (χ1) is 16.7. The predicted octanol–water partition coefficient (Wildman–Crippen LogP) is 4.53. The average Bonchev–Trinajstić information content (AvgIpc) is 3.43. The number of carbonyl (C=O) groups excluding carboxylic acids is 2. The number of pyridine rings is 1. The summed E-state index contributed by atoms with van der Waals surface area (Å²) in [6, 6.07) is 7.03. The van der Waals surface area contributed by atoms with Crippen LogP contribution in [0.5, 0.6) is 0 Å². The van der Waals surface area contributed by atoms with E-state index in [-0.39, 0.29) is 29.8 Å². The molecule has 3 aliphatic rings. The minimum absolute atomic E-state index is 0.0245. The van der Waals surface area contributed by atoms with E-state index in [0.717, 1.165) is 55.4 Å². The molecule has 1 N–H and O–H groups in total. The second-order valence-electron chi connectivity index (χ2n) is 10.1. The molecular formula is C26H29F3N4O2. The Labute approximate surface area is 202 Å². The number of hydrogen-bond donors (Lipinski definition) is 1. The number of nitrogens with one attached hydrogen (secondary N) is 1. The molecule has 1 saturated heterocycles. The first-order valence-corrected chi connectivity index (χ1v) is 12.1. The fourth-order valence-electron chi connectivity index (χ4n) is 5.79. The van der Waals surface area contributed by atoms with Crippen molar-refractivity contribution < 1.29 is 22.8 Å². The van der Waals surface area contributed by atoms with Crippen LogP contribution in [0.15, 0.2) is 42.7 Å². The van der Waals surface area contributed by atoms with E-state index < -0.39 is 11.7 Å². The number of likely N-dealkylation sites (tertiary alicyclic amines) is 1. The van der Waals surface area contributed by atoms with E-state index >= 15 is 0 Å². The summed E-state index contributed by atoms with van der Waals surface area (Å²) in [5.41, 5.74) is 2.00. The zero-order valence-corrected chi connectivity index (χ0v) is 19.5. The van der Waals surface area contributed by atoms with Crippen LogP contribution in [-0.2, 0) is 30.5 Å². The van der Waals surface area contributed by atoms with Gasteiger partial charge < -0.3 is 15.1 Å². The van der Waals surface area contributed by atoms with Crippen LogP contribution in [0.1, 0.15) is 54.4 Å². The molecule has 1 aromatic heterocycles. The van der Waals surface area contributed by atoms with Crippen molar-refractivity contribution >= 4 is 11.9 Å². The summed E-state index contributed by atoms with van der Waals surface area (Å²) in [5, 5.41) is 3.21. The summed E-state index contributed by atoms with van der Waals surface area (Å²) < 4.78 is 38.9. The number of rotatable bonds is 3. The highest BCUT2D eigenvalue weighted by Crippen LogP contribution is 2.46. The van der Waals surface area contributed by atoms with Crippen molar-refractivity contribution in [1.29, 1.82) is 0 Å². The van der Waals surface area contributed by atoms with Crippen molar-refractivity contribution in [2.24, 2.45) is 5.41 Å². The Morgan fingerprint density at radius 2 is 1.83 bits per heavy atom. The van der Waals surface area contributed by atoms with Crippen molar-refractivity contribution in [2.75, 3.05) is 13.1 Å². The quantitative estimate of drug-likeness (QED) is 0.694. The van der Waals surface area contributed by atoms with Crippen molar-refractivity contribution in [1.82, 2.24) is 20.1 Å². The van der Waals surface area contributed by atoms with Crippen LogP contribution < -0.4 is 5.32 Å². The van der Waals surface area contributed by atoms with Crippen molar-refractivity contribution in [2.45, 2.75) is 63.8 Å². The summed E-state index contributed by atoms with van der Waals surface area (Å²) in [6.45, 7) is 2.39. The minimum atomic E-state index is -4.42. The number of aromatic nitrogens is 1. The monoisotopic (exact) mass is 486 g/mol. The van der Waals surface area contributed by atoms with Gasteiger partial charge in [-0.15, -0.1) is 0 Å². The number of nitrogens with zero attached hydrogens (tertiary/aromatic N) is 3. The van der Waals surface area contributed by atoms with E-state index in [4.69, 9.17) is 0 Å². The van der Waals surface area contributed by atoms with Crippen LogP contribution >= 0.6 is 0 Å². The van der Waals surface area contributed by atoms with Gasteiger partial charge in [-0.1, -0.05) is 18.2 Å². The molecule has 3 amide bonds. The molecule has 1 aliphatic carbocycles. The maximum atomic E-state index is 13.0. The maximum absolute atomic E-state index is 13.0. The van der Waals surface area contributed by atoms with E-state index in [0.29, 0.717) is 31.7 Å². The predicted molar refractivity (Wildman–Crippen MR) is 123 cm³/mol. The second-order valence-corrected chi connectivity index (χ2v) is 10.1. The smallest absolute Gasteiger partial charge is 0.342 e. The number of fused-ring (bicyclic) bond motifs is 1. The molecule has 3 heterocycles. The van der Waals surface area contributed by atoms with E-state index in [1.54, 1.807) is 17.2 Å². The number of piperidine rings is 1. The molecule has 1 spiro atoms. The lowest BCUT2D eigenvalue weighted by molar-refractivity contribution is -0.138. The van der Waals surface area contributed by atoms with Gasteiger partial charge in [-0.3, -0.25) is 9.78 Å². The highest BCUT2D eigenvalue weighted by Gasteiger charge is 2.43. The second kappa shape index (κ2) is 9.17. The first-order valence-electron chi connectivity index (χ1n) is 12.1. The Morgan fingerprint density at radius 3 is 2.57 bits per heavy atom. The summed E-state index contributed by atoms with van der Waals surface area (Å²) in [5.74, 6) is -0.134. The lowest BCUT2D eigenvalue weighted by Crippen LogP contribution is -2.45. The van der Waals surface area contributed by atoms with Crippen LogP contribution in [-0.4, -0.2) is 45.9 Å². The van der Waals surface area contributed by atoms with Gasteiger partial charge in [-0.25, -0.2) is 4.79 Å². The van der Waals surface area contributed by atoms with Gasteiger partial charge in [-0.2, -0.15) is 13.2 Å². The minimum Gasteiger partial charge on any atom is -0.342 e. The van der Waals surface area contributed by atoms with Gasteiger partial charge in [-0.05, 0) is 66.3 Å². The van der Waals surface area contributed by atoms with Gasteiger partial charge in [0.2, 0.25) is 5.91 Å². The molecular weight excluding hydrogens is 457 g/mol. The van der Waals surface area contributed by atoms with Crippen LogP contribution in [0.3, 0.4) is 0 Å². The summed E-state index contributed by atoms with van der Waals surface area (Å²) >= 11 is 0. The molecule has 1 saturated carbocycles. The maximum Gasteiger partial charge on any atom is 0.416 e. The Bertz CT molecular complexity index is 1090. The van der Waals surface area contributed by atoms with E-state index in [1.165, 1.54) is 6.07 Å². The number of alkyl halides is 3. The van der Waals surface area contributed by atoms with Crippen LogP contribution in [0.4, 0.5) is 18.0 Å². The number of carbonyl (C=O) groups is 2. The Hall–Kier alpha value is -3.10. The zero-order chi connectivity index (χ0) is 24.6. The van der Waals surface area contributed by atoms with Gasteiger partial charge in [0.25, 0.3) is 0 Å². The largest absolute Gasteiger partial charge is 0.416 e. The molecule has 1 unspecified atom stereocenters. The van der Waals surface area contributed by atoms with Crippen molar-refractivity contribution in [3.05, 3.63) is 65.0 Å². The van der Waals surface area contributed by atoms with Crippen molar-refractivity contribution in [3.8, 4) is 0 Å². The number of benzene rings is 1. The molecule has 0 bridgehead atoms.